The van der Waals surface area contributed by atoms with Crippen LogP contribution in [0.25, 0.3) is 0 Å². The van der Waals surface area contributed by atoms with Crippen LogP contribution < -0.4 is 0 Å². The summed E-state index contributed by atoms with van der Waals surface area (Å²) in [6.45, 7) is 0.387. The molecule has 0 spiro atoms. The number of hydrogen-bond acceptors (Lipinski definition) is 2. The third-order valence-electron chi connectivity index (χ3n) is 3.81. The normalized spacial score (nSPS) is 31.8. The van der Waals surface area contributed by atoms with E-state index in [1.807, 2.05) is 0 Å². The Kier molecular flexibility index (Phi) is 2.44. The van der Waals surface area contributed by atoms with Gasteiger partial charge in [-0.2, -0.15) is 0 Å². The summed E-state index contributed by atoms with van der Waals surface area (Å²) in [5.74, 6) is -0.302. The average molecular weight is 211 g/mol. The van der Waals surface area contributed by atoms with Gasteiger partial charge in [-0.1, -0.05) is 19.3 Å². The molecule has 2 rings (SSSR count). The molecule has 1 heterocycles. The highest BCUT2D eigenvalue weighted by Crippen LogP contribution is 2.43. The van der Waals surface area contributed by atoms with Gasteiger partial charge in [0.05, 0.1) is 5.41 Å². The van der Waals surface area contributed by atoms with Gasteiger partial charge in [0.1, 0.15) is 0 Å². The Hall–Kier alpha value is -1.06. The number of likely N-dealkylation sites (tertiary alicyclic amines) is 1. The fourth-order valence-corrected chi connectivity index (χ4v) is 2.64. The zero-order valence-corrected chi connectivity index (χ0v) is 9.03. The predicted octanol–water partition coefficient (Wildman–Crippen LogP) is 1.11. The van der Waals surface area contributed by atoms with Crippen molar-refractivity contribution in [3.8, 4) is 0 Å². The van der Waals surface area contributed by atoms with Crippen molar-refractivity contribution in [2.45, 2.75) is 32.1 Å². The van der Waals surface area contributed by atoms with E-state index in [1.165, 1.54) is 6.42 Å². The standard InChI is InChI=1S/C11H17NO3/c1-12-7-11(10(14)15,6-9(12)13)5-8-3-2-4-8/h8H,2-7H2,1H3,(H,14,15). The number of aliphatic carboxylic acids is 1. The van der Waals surface area contributed by atoms with Gasteiger partial charge in [0.25, 0.3) is 0 Å². The van der Waals surface area contributed by atoms with Crippen molar-refractivity contribution < 1.29 is 14.7 Å². The van der Waals surface area contributed by atoms with Crippen molar-refractivity contribution in [2.24, 2.45) is 11.3 Å². The first-order valence-corrected chi connectivity index (χ1v) is 5.51. The Bertz CT molecular complexity index is 298. The molecule has 1 atom stereocenters. The van der Waals surface area contributed by atoms with Gasteiger partial charge >= 0.3 is 5.97 Å². The highest BCUT2D eigenvalue weighted by atomic mass is 16.4. The second-order valence-electron chi connectivity index (χ2n) is 5.01. The van der Waals surface area contributed by atoms with E-state index < -0.39 is 11.4 Å². The number of carbonyl (C=O) groups is 2. The summed E-state index contributed by atoms with van der Waals surface area (Å²) in [6.07, 6.45) is 4.35. The molecule has 2 fully saturated rings. The summed E-state index contributed by atoms with van der Waals surface area (Å²) in [5.41, 5.74) is -0.795. The second-order valence-corrected chi connectivity index (χ2v) is 5.01. The minimum absolute atomic E-state index is 0.0308. The molecule has 0 aromatic carbocycles. The summed E-state index contributed by atoms with van der Waals surface area (Å²) < 4.78 is 0. The van der Waals surface area contributed by atoms with Crippen molar-refractivity contribution in [1.29, 1.82) is 0 Å². The first kappa shape index (κ1) is 10.5. The number of carbonyl (C=O) groups excluding carboxylic acids is 1. The van der Waals surface area contributed by atoms with E-state index in [0.717, 1.165) is 12.8 Å². The van der Waals surface area contributed by atoms with E-state index in [9.17, 15) is 14.7 Å². The number of amides is 1. The van der Waals surface area contributed by atoms with Crippen molar-refractivity contribution in [3.63, 3.8) is 0 Å². The van der Waals surface area contributed by atoms with Crippen LogP contribution >= 0.6 is 0 Å². The van der Waals surface area contributed by atoms with Crippen LogP contribution in [0.5, 0.6) is 0 Å². The Morgan fingerprint density at radius 2 is 2.27 bits per heavy atom. The lowest BCUT2D eigenvalue weighted by Gasteiger charge is -2.33. The maximum absolute atomic E-state index is 11.4. The lowest BCUT2D eigenvalue weighted by Crippen LogP contribution is -2.37. The number of carboxylic acid groups (broad SMARTS) is 1. The minimum Gasteiger partial charge on any atom is -0.481 e. The van der Waals surface area contributed by atoms with Crippen LogP contribution in [0.1, 0.15) is 32.1 Å². The number of rotatable bonds is 3. The zero-order valence-electron chi connectivity index (χ0n) is 9.03. The highest BCUT2D eigenvalue weighted by molar-refractivity contribution is 5.88. The van der Waals surface area contributed by atoms with Crippen molar-refractivity contribution in [2.75, 3.05) is 13.6 Å². The second kappa shape index (κ2) is 3.51. The monoisotopic (exact) mass is 211 g/mol. The summed E-state index contributed by atoms with van der Waals surface area (Å²) in [4.78, 5) is 24.3. The number of carboxylic acids is 1. The maximum Gasteiger partial charge on any atom is 0.311 e. The van der Waals surface area contributed by atoms with Gasteiger partial charge in [0.15, 0.2) is 0 Å². The average Bonchev–Trinajstić information content (AvgIpc) is 2.37. The van der Waals surface area contributed by atoms with E-state index in [4.69, 9.17) is 0 Å². The molecule has 1 saturated carbocycles. The largest absolute Gasteiger partial charge is 0.481 e. The minimum atomic E-state index is -0.799. The molecule has 1 saturated heterocycles. The molecule has 15 heavy (non-hydrogen) atoms. The molecule has 0 aromatic heterocycles. The summed E-state index contributed by atoms with van der Waals surface area (Å²) in [5, 5.41) is 9.29. The Balaban J connectivity index is 2.10. The molecule has 1 unspecified atom stereocenters. The Morgan fingerprint density at radius 1 is 1.60 bits per heavy atom. The van der Waals surface area contributed by atoms with Gasteiger partial charge in [0, 0.05) is 20.0 Å². The Morgan fingerprint density at radius 3 is 2.60 bits per heavy atom. The molecule has 84 valence electrons. The van der Waals surface area contributed by atoms with Crippen molar-refractivity contribution >= 4 is 11.9 Å². The molecule has 1 aliphatic carbocycles. The first-order chi connectivity index (χ1) is 7.03. The zero-order chi connectivity index (χ0) is 11.1. The van der Waals surface area contributed by atoms with Crippen molar-refractivity contribution in [1.82, 2.24) is 4.90 Å². The van der Waals surface area contributed by atoms with Crippen LogP contribution in [0, 0.1) is 11.3 Å². The van der Waals surface area contributed by atoms with Crippen LogP contribution in [0.15, 0.2) is 0 Å². The third kappa shape index (κ3) is 1.73. The van der Waals surface area contributed by atoms with E-state index in [1.54, 1.807) is 11.9 Å². The highest BCUT2D eigenvalue weighted by Gasteiger charge is 2.49. The van der Waals surface area contributed by atoms with Crippen LogP contribution in [-0.4, -0.2) is 35.5 Å². The Labute approximate surface area is 89.3 Å². The molecule has 0 radical (unpaired) electrons. The molecule has 1 amide bonds. The molecule has 0 aromatic rings. The number of nitrogens with zero attached hydrogens (tertiary/aromatic N) is 1. The van der Waals surface area contributed by atoms with E-state index in [0.29, 0.717) is 18.9 Å². The van der Waals surface area contributed by atoms with Gasteiger partial charge in [0.2, 0.25) is 5.91 Å². The molecular weight excluding hydrogens is 194 g/mol. The van der Waals surface area contributed by atoms with Gasteiger partial charge in [-0.25, -0.2) is 0 Å². The molecule has 1 aliphatic heterocycles. The maximum atomic E-state index is 11.4. The fourth-order valence-electron chi connectivity index (χ4n) is 2.64. The van der Waals surface area contributed by atoms with Gasteiger partial charge in [-0.15, -0.1) is 0 Å². The van der Waals surface area contributed by atoms with Crippen molar-refractivity contribution in [3.05, 3.63) is 0 Å². The predicted molar refractivity (Wildman–Crippen MR) is 54.3 cm³/mol. The molecule has 2 aliphatic rings. The molecule has 0 bridgehead atoms. The van der Waals surface area contributed by atoms with Crippen LogP contribution in [0.3, 0.4) is 0 Å². The topological polar surface area (TPSA) is 57.6 Å². The van der Waals surface area contributed by atoms with Crippen LogP contribution in [0.2, 0.25) is 0 Å². The lowest BCUT2D eigenvalue weighted by molar-refractivity contribution is -0.150. The van der Waals surface area contributed by atoms with E-state index in [-0.39, 0.29) is 12.3 Å². The molecular formula is C11H17NO3. The van der Waals surface area contributed by atoms with Gasteiger partial charge < -0.3 is 10.0 Å². The molecule has 1 N–H and O–H groups in total. The lowest BCUT2D eigenvalue weighted by atomic mass is 9.71. The smallest absolute Gasteiger partial charge is 0.311 e. The van der Waals surface area contributed by atoms with E-state index >= 15 is 0 Å². The summed E-state index contributed by atoms with van der Waals surface area (Å²) in [6, 6.07) is 0. The van der Waals surface area contributed by atoms with Gasteiger partial charge in [-0.3, -0.25) is 9.59 Å². The molecule has 4 heteroatoms. The quantitative estimate of drug-likeness (QED) is 0.760. The fraction of sp³-hybridized carbons (Fsp3) is 0.818. The van der Waals surface area contributed by atoms with E-state index in [2.05, 4.69) is 0 Å². The SMILES string of the molecule is CN1CC(CC2CCC2)(C(=O)O)CC1=O. The van der Waals surface area contributed by atoms with Crippen LogP contribution in [0.4, 0.5) is 0 Å². The third-order valence-corrected chi connectivity index (χ3v) is 3.81. The number of hydrogen-bond donors (Lipinski definition) is 1. The summed E-state index contributed by atoms with van der Waals surface area (Å²) in [7, 11) is 1.69. The first-order valence-electron chi connectivity index (χ1n) is 5.51. The van der Waals surface area contributed by atoms with Gasteiger partial charge in [-0.05, 0) is 12.3 Å². The van der Waals surface area contributed by atoms with Crippen LogP contribution in [-0.2, 0) is 9.59 Å². The summed E-state index contributed by atoms with van der Waals surface area (Å²) >= 11 is 0. The molecule has 4 nitrogen and oxygen atoms in total.